The lowest BCUT2D eigenvalue weighted by molar-refractivity contribution is -0.137. The molecule has 0 unspecified atom stereocenters. The quantitative estimate of drug-likeness (QED) is 0.872. The maximum Gasteiger partial charge on any atom is 0.416 e. The zero-order valence-corrected chi connectivity index (χ0v) is 12.4. The first-order valence-electron chi connectivity index (χ1n) is 6.96. The summed E-state index contributed by atoms with van der Waals surface area (Å²) in [7, 11) is 0. The molecule has 9 heteroatoms. The minimum absolute atomic E-state index is 0.237. The number of nitrogens with one attached hydrogen (secondary N) is 1. The van der Waals surface area contributed by atoms with Crippen molar-refractivity contribution in [1.82, 2.24) is 9.55 Å². The summed E-state index contributed by atoms with van der Waals surface area (Å²) in [6.07, 6.45) is 1.21. The molecule has 25 heavy (non-hydrogen) atoms. The molecule has 1 aromatic carbocycles. The third-order valence-corrected chi connectivity index (χ3v) is 3.42. The van der Waals surface area contributed by atoms with Gasteiger partial charge >= 0.3 is 11.9 Å². The summed E-state index contributed by atoms with van der Waals surface area (Å²) in [6.45, 7) is 0. The van der Waals surface area contributed by atoms with E-state index in [0.29, 0.717) is 16.3 Å². The third-order valence-electron chi connectivity index (χ3n) is 3.42. The summed E-state index contributed by atoms with van der Waals surface area (Å²) in [6, 6.07) is 3.83. The fourth-order valence-corrected chi connectivity index (χ4v) is 2.28. The van der Waals surface area contributed by atoms with Gasteiger partial charge in [0.2, 0.25) is 5.88 Å². The number of halogens is 3. The number of aliphatic imine (C=N–C) groups is 1. The smallest absolute Gasteiger partial charge is 0.416 e. The molecule has 2 aromatic rings. The van der Waals surface area contributed by atoms with E-state index in [0.717, 1.165) is 12.1 Å². The summed E-state index contributed by atoms with van der Waals surface area (Å²) in [5, 5.41) is 10.3. The average Bonchev–Trinajstić information content (AvgIpc) is 3.04. The van der Waals surface area contributed by atoms with E-state index in [1.807, 2.05) is 4.98 Å². The van der Waals surface area contributed by atoms with E-state index >= 15 is 0 Å². The van der Waals surface area contributed by atoms with Gasteiger partial charge in [-0.25, -0.2) is 9.36 Å². The van der Waals surface area contributed by atoms with E-state index in [4.69, 9.17) is 0 Å². The molecule has 6 nitrogen and oxygen atoms in total. The Kier molecular flexibility index (Phi) is 3.91. The van der Waals surface area contributed by atoms with Crippen molar-refractivity contribution in [1.29, 1.82) is 0 Å². The van der Waals surface area contributed by atoms with E-state index in [9.17, 15) is 27.9 Å². The highest BCUT2D eigenvalue weighted by Gasteiger charge is 2.31. The van der Waals surface area contributed by atoms with Crippen LogP contribution < -0.4 is 11.2 Å². The van der Waals surface area contributed by atoms with Crippen LogP contribution in [-0.2, 0) is 6.18 Å². The predicted molar refractivity (Wildman–Crippen MR) is 84.9 cm³/mol. The van der Waals surface area contributed by atoms with E-state index < -0.39 is 28.9 Å². The van der Waals surface area contributed by atoms with Gasteiger partial charge in [0.25, 0.3) is 5.56 Å². The van der Waals surface area contributed by atoms with Gasteiger partial charge in [-0.05, 0) is 36.4 Å². The van der Waals surface area contributed by atoms with Crippen LogP contribution in [-0.4, -0.2) is 20.9 Å². The number of hydrogen-bond acceptors (Lipinski definition) is 4. The Bertz CT molecular complexity index is 1030. The van der Waals surface area contributed by atoms with Crippen LogP contribution in [0.2, 0.25) is 0 Å². The molecule has 0 radical (unpaired) electrons. The van der Waals surface area contributed by atoms with Gasteiger partial charge in [-0.1, -0.05) is 6.07 Å². The number of rotatable bonds is 2. The molecule has 1 aliphatic heterocycles. The van der Waals surface area contributed by atoms with Gasteiger partial charge in [0.1, 0.15) is 5.56 Å². The molecule has 3 rings (SSSR count). The molecule has 0 saturated heterocycles. The van der Waals surface area contributed by atoms with Crippen LogP contribution in [0.5, 0.6) is 5.88 Å². The number of hydrogen-bond donors (Lipinski definition) is 2. The molecule has 0 atom stereocenters. The molecule has 0 amide bonds. The fourth-order valence-electron chi connectivity index (χ4n) is 2.28. The van der Waals surface area contributed by atoms with Crippen molar-refractivity contribution in [3.8, 4) is 11.6 Å². The molecular weight excluding hydrogens is 339 g/mol. The first-order valence-corrected chi connectivity index (χ1v) is 6.96. The number of nitrogens with zero attached hydrogens (tertiary/aromatic N) is 2. The number of alkyl halides is 3. The van der Waals surface area contributed by atoms with Crippen molar-refractivity contribution in [3.05, 3.63) is 74.1 Å². The maximum atomic E-state index is 12.9. The summed E-state index contributed by atoms with van der Waals surface area (Å²) in [5.74, 6) is -0.781. The van der Waals surface area contributed by atoms with E-state index in [2.05, 4.69) is 4.99 Å². The molecule has 2 heterocycles. The predicted octanol–water partition coefficient (Wildman–Crippen LogP) is 2.23. The lowest BCUT2D eigenvalue weighted by Gasteiger charge is -2.12. The Morgan fingerprint density at radius 3 is 2.64 bits per heavy atom. The van der Waals surface area contributed by atoms with Gasteiger partial charge in [0.15, 0.2) is 0 Å². The summed E-state index contributed by atoms with van der Waals surface area (Å²) >= 11 is 0. The van der Waals surface area contributed by atoms with Gasteiger partial charge in [-0.3, -0.25) is 14.8 Å². The zero-order chi connectivity index (χ0) is 18.2. The highest BCUT2D eigenvalue weighted by molar-refractivity contribution is 5.79. The number of benzene rings is 1. The Morgan fingerprint density at radius 2 is 2.00 bits per heavy atom. The Morgan fingerprint density at radius 1 is 1.24 bits per heavy atom. The van der Waals surface area contributed by atoms with Gasteiger partial charge in [0.05, 0.1) is 16.9 Å². The lowest BCUT2D eigenvalue weighted by atomic mass is 10.2. The van der Waals surface area contributed by atoms with Crippen molar-refractivity contribution in [2.45, 2.75) is 6.18 Å². The second-order valence-electron chi connectivity index (χ2n) is 5.09. The SMILES string of the molecule is O=c1[nH]c(=O)n(-c2cccc(C(F)(F)F)c2)c(O)c1/C=C1/C=CC=N1. The molecule has 0 spiro atoms. The summed E-state index contributed by atoms with van der Waals surface area (Å²) in [4.78, 5) is 29.8. The molecule has 0 saturated carbocycles. The molecule has 0 bridgehead atoms. The highest BCUT2D eigenvalue weighted by Crippen LogP contribution is 2.31. The second kappa shape index (κ2) is 5.93. The topological polar surface area (TPSA) is 87.5 Å². The Balaban J connectivity index is 2.23. The fraction of sp³-hybridized carbons (Fsp3) is 0.0625. The lowest BCUT2D eigenvalue weighted by Crippen LogP contribution is -2.30. The number of aromatic hydroxyl groups is 1. The van der Waals surface area contributed by atoms with Crippen LogP contribution in [0.3, 0.4) is 0 Å². The molecule has 1 aliphatic rings. The molecule has 128 valence electrons. The van der Waals surface area contributed by atoms with Crippen LogP contribution >= 0.6 is 0 Å². The van der Waals surface area contributed by atoms with Crippen LogP contribution in [0.25, 0.3) is 11.8 Å². The molecule has 2 N–H and O–H groups in total. The van der Waals surface area contributed by atoms with E-state index in [-0.39, 0.29) is 11.3 Å². The number of allylic oxidation sites excluding steroid dienone is 2. The number of aromatic nitrogens is 2. The van der Waals surface area contributed by atoms with Gasteiger partial charge < -0.3 is 5.11 Å². The molecule has 0 aliphatic carbocycles. The third kappa shape index (κ3) is 3.16. The van der Waals surface area contributed by atoms with Crippen molar-refractivity contribution in [3.63, 3.8) is 0 Å². The van der Waals surface area contributed by atoms with Gasteiger partial charge in [-0.15, -0.1) is 0 Å². The monoisotopic (exact) mass is 349 g/mol. The summed E-state index contributed by atoms with van der Waals surface area (Å²) < 4.78 is 39.2. The zero-order valence-electron chi connectivity index (χ0n) is 12.4. The minimum atomic E-state index is -4.62. The standard InChI is InChI=1S/C16H10F3N3O3/c17-16(18,19)9-3-1-5-11(7-9)22-14(24)12(13(23)21-15(22)25)8-10-4-2-6-20-10/h1-8,24H,(H,21,23,25)/b10-8-. The number of aromatic amines is 1. The van der Waals surface area contributed by atoms with Crippen LogP contribution in [0.4, 0.5) is 13.2 Å². The van der Waals surface area contributed by atoms with Gasteiger partial charge in [0, 0.05) is 6.21 Å². The van der Waals surface area contributed by atoms with Crippen LogP contribution in [0.1, 0.15) is 11.1 Å². The van der Waals surface area contributed by atoms with Crippen molar-refractivity contribution in [2.24, 2.45) is 4.99 Å². The van der Waals surface area contributed by atoms with Crippen LogP contribution in [0, 0.1) is 0 Å². The molecular formula is C16H10F3N3O3. The van der Waals surface area contributed by atoms with Crippen LogP contribution in [0.15, 0.2) is 56.7 Å². The van der Waals surface area contributed by atoms with Gasteiger partial charge in [-0.2, -0.15) is 13.2 Å². The van der Waals surface area contributed by atoms with E-state index in [1.54, 1.807) is 12.2 Å². The second-order valence-corrected chi connectivity index (χ2v) is 5.09. The minimum Gasteiger partial charge on any atom is -0.494 e. The molecule has 1 aromatic heterocycles. The van der Waals surface area contributed by atoms with Crippen molar-refractivity contribution >= 4 is 12.3 Å². The maximum absolute atomic E-state index is 12.9. The van der Waals surface area contributed by atoms with Crippen molar-refractivity contribution < 1.29 is 18.3 Å². The average molecular weight is 349 g/mol. The number of H-pyrrole nitrogens is 1. The first kappa shape index (κ1) is 16.5. The normalized spacial score (nSPS) is 15.2. The van der Waals surface area contributed by atoms with Crippen molar-refractivity contribution in [2.75, 3.05) is 0 Å². The largest absolute Gasteiger partial charge is 0.494 e. The molecule has 0 fully saturated rings. The van der Waals surface area contributed by atoms with E-state index in [1.165, 1.54) is 18.4 Å². The Hall–Kier alpha value is -3.36. The first-order chi connectivity index (χ1) is 11.8. The highest BCUT2D eigenvalue weighted by atomic mass is 19.4. The summed E-state index contributed by atoms with van der Waals surface area (Å²) in [5.41, 5.74) is -3.13. The Labute approximate surface area is 137 Å².